The van der Waals surface area contributed by atoms with Gasteiger partial charge in [-0.1, -0.05) is 28.1 Å². The normalized spacial score (nSPS) is 13.9. The maximum atomic E-state index is 13.5. The molecule has 0 unspecified atom stereocenters. The van der Waals surface area contributed by atoms with Crippen LogP contribution in [0.4, 0.5) is 0 Å². The molecule has 0 N–H and O–H groups in total. The third kappa shape index (κ3) is 2.78. The first-order valence-electron chi connectivity index (χ1n) is 9.91. The number of furan rings is 1. The number of fused-ring (bicyclic) bond motifs is 5. The van der Waals surface area contributed by atoms with Gasteiger partial charge in [-0.25, -0.2) is 9.78 Å². The van der Waals surface area contributed by atoms with E-state index in [4.69, 9.17) is 9.40 Å². The van der Waals surface area contributed by atoms with Crippen molar-refractivity contribution in [3.63, 3.8) is 0 Å². The van der Waals surface area contributed by atoms with Gasteiger partial charge in [-0.15, -0.1) is 16.4 Å². The van der Waals surface area contributed by atoms with Crippen LogP contribution < -0.4 is 5.69 Å². The van der Waals surface area contributed by atoms with Gasteiger partial charge in [0.05, 0.1) is 18.2 Å². The molecule has 0 saturated carbocycles. The zero-order valence-electron chi connectivity index (χ0n) is 16.0. The summed E-state index contributed by atoms with van der Waals surface area (Å²) in [6, 6.07) is 11.7. The second-order valence-electron chi connectivity index (χ2n) is 7.53. The number of aryl methyl sites for hydroxylation is 2. The summed E-state index contributed by atoms with van der Waals surface area (Å²) in [7, 11) is 0. The lowest BCUT2D eigenvalue weighted by atomic mass is 9.97. The minimum atomic E-state index is -0.177. The predicted molar refractivity (Wildman–Crippen MR) is 120 cm³/mol. The van der Waals surface area contributed by atoms with Crippen molar-refractivity contribution in [2.75, 3.05) is 0 Å². The Morgan fingerprint density at radius 3 is 2.77 bits per heavy atom. The van der Waals surface area contributed by atoms with Crippen LogP contribution in [0.15, 0.2) is 56.3 Å². The van der Waals surface area contributed by atoms with Crippen molar-refractivity contribution in [2.45, 2.75) is 32.2 Å². The lowest BCUT2D eigenvalue weighted by Crippen LogP contribution is -2.28. The molecular weight excluding hydrogens is 464 g/mol. The van der Waals surface area contributed by atoms with Crippen molar-refractivity contribution < 1.29 is 4.42 Å². The maximum absolute atomic E-state index is 13.5. The molecule has 4 aromatic heterocycles. The first kappa shape index (κ1) is 18.1. The second-order valence-corrected chi connectivity index (χ2v) is 9.53. The van der Waals surface area contributed by atoms with E-state index in [1.807, 2.05) is 34.9 Å². The molecule has 0 spiro atoms. The standard InChI is InChI=1S/C22H17BrN4O2S/c23-14-9-7-13(8-10-14)12-26-21-18(15-4-1-2-6-17(15)30-21)20-24-19(16-5-3-11-29-16)25-27(20)22(26)28/h3,5,7-11H,1-2,4,6,12H2. The average Bonchev–Trinajstić information content (AvgIpc) is 3.49. The van der Waals surface area contributed by atoms with Crippen LogP contribution in [-0.4, -0.2) is 19.2 Å². The molecule has 0 aliphatic heterocycles. The number of hydrogen-bond acceptors (Lipinski definition) is 5. The highest BCUT2D eigenvalue weighted by Crippen LogP contribution is 2.38. The number of nitrogens with zero attached hydrogens (tertiary/aromatic N) is 4. The number of benzene rings is 1. The Hall–Kier alpha value is -2.71. The third-order valence-electron chi connectivity index (χ3n) is 5.64. The SMILES string of the molecule is O=c1n(Cc2ccc(Br)cc2)c2sc3c(c2c2nc(-c4ccco4)nn12)CCCC3. The maximum Gasteiger partial charge on any atom is 0.352 e. The zero-order chi connectivity index (χ0) is 20.2. The largest absolute Gasteiger partial charge is 0.461 e. The van der Waals surface area contributed by atoms with Gasteiger partial charge in [-0.05, 0) is 61.1 Å². The van der Waals surface area contributed by atoms with E-state index in [1.165, 1.54) is 21.4 Å². The average molecular weight is 481 g/mol. The second kappa shape index (κ2) is 6.92. The Kier molecular flexibility index (Phi) is 4.17. The monoisotopic (exact) mass is 480 g/mol. The van der Waals surface area contributed by atoms with E-state index in [0.29, 0.717) is 23.8 Å². The summed E-state index contributed by atoms with van der Waals surface area (Å²) in [5.74, 6) is 1.00. The van der Waals surface area contributed by atoms with Gasteiger partial charge in [0.15, 0.2) is 11.4 Å². The zero-order valence-corrected chi connectivity index (χ0v) is 18.4. The minimum Gasteiger partial charge on any atom is -0.461 e. The summed E-state index contributed by atoms with van der Waals surface area (Å²) in [5.41, 5.74) is 2.85. The van der Waals surface area contributed by atoms with E-state index in [9.17, 15) is 4.79 Å². The molecule has 150 valence electrons. The minimum absolute atomic E-state index is 0.177. The molecule has 6 rings (SSSR count). The number of halogens is 1. The van der Waals surface area contributed by atoms with Crippen molar-refractivity contribution in [3.8, 4) is 11.6 Å². The van der Waals surface area contributed by atoms with E-state index in [0.717, 1.165) is 39.5 Å². The summed E-state index contributed by atoms with van der Waals surface area (Å²) in [5, 5.41) is 5.59. The van der Waals surface area contributed by atoms with Gasteiger partial charge in [-0.3, -0.25) is 4.57 Å². The summed E-state index contributed by atoms with van der Waals surface area (Å²) in [6.07, 6.45) is 6.03. The highest BCUT2D eigenvalue weighted by atomic mass is 79.9. The lowest BCUT2D eigenvalue weighted by molar-refractivity contribution is 0.576. The van der Waals surface area contributed by atoms with Gasteiger partial charge in [-0.2, -0.15) is 4.52 Å². The van der Waals surface area contributed by atoms with Crippen LogP contribution in [0.3, 0.4) is 0 Å². The first-order valence-corrected chi connectivity index (χ1v) is 11.5. The van der Waals surface area contributed by atoms with E-state index in [1.54, 1.807) is 23.7 Å². The summed E-state index contributed by atoms with van der Waals surface area (Å²) < 4.78 is 9.79. The fourth-order valence-electron chi connectivity index (χ4n) is 4.20. The van der Waals surface area contributed by atoms with Crippen LogP contribution >= 0.6 is 27.3 Å². The van der Waals surface area contributed by atoms with Crippen molar-refractivity contribution in [3.05, 3.63) is 73.6 Å². The molecule has 0 atom stereocenters. The molecule has 0 amide bonds. The van der Waals surface area contributed by atoms with Crippen LogP contribution in [0.1, 0.15) is 28.8 Å². The molecule has 0 radical (unpaired) electrons. The van der Waals surface area contributed by atoms with Gasteiger partial charge >= 0.3 is 5.69 Å². The van der Waals surface area contributed by atoms with E-state index >= 15 is 0 Å². The van der Waals surface area contributed by atoms with E-state index in [2.05, 4.69) is 21.0 Å². The van der Waals surface area contributed by atoms with Crippen LogP contribution in [0.5, 0.6) is 0 Å². The summed E-state index contributed by atoms with van der Waals surface area (Å²) in [4.78, 5) is 20.6. The quantitative estimate of drug-likeness (QED) is 0.362. The summed E-state index contributed by atoms with van der Waals surface area (Å²) >= 11 is 5.21. The van der Waals surface area contributed by atoms with Crippen molar-refractivity contribution >= 4 is 43.1 Å². The van der Waals surface area contributed by atoms with Gasteiger partial charge < -0.3 is 4.42 Å². The Bertz CT molecular complexity index is 1450. The van der Waals surface area contributed by atoms with Gasteiger partial charge in [0, 0.05) is 9.35 Å². The molecule has 0 fully saturated rings. The molecule has 1 aliphatic carbocycles. The Morgan fingerprint density at radius 1 is 1.13 bits per heavy atom. The highest BCUT2D eigenvalue weighted by Gasteiger charge is 2.25. The molecule has 0 bridgehead atoms. The molecule has 1 aromatic carbocycles. The first-order chi connectivity index (χ1) is 14.7. The fraction of sp³-hybridized carbons (Fsp3) is 0.227. The smallest absolute Gasteiger partial charge is 0.352 e. The van der Waals surface area contributed by atoms with Gasteiger partial charge in [0.25, 0.3) is 0 Å². The van der Waals surface area contributed by atoms with Crippen LogP contribution in [0.25, 0.3) is 27.4 Å². The molecule has 8 heteroatoms. The Morgan fingerprint density at radius 2 is 1.97 bits per heavy atom. The molecule has 30 heavy (non-hydrogen) atoms. The van der Waals surface area contributed by atoms with Crippen molar-refractivity contribution in [1.29, 1.82) is 0 Å². The van der Waals surface area contributed by atoms with Crippen LogP contribution in [0.2, 0.25) is 0 Å². The highest BCUT2D eigenvalue weighted by molar-refractivity contribution is 9.10. The topological polar surface area (TPSA) is 65.3 Å². The van der Waals surface area contributed by atoms with Gasteiger partial charge in [0.1, 0.15) is 4.83 Å². The number of thiophene rings is 1. The molecule has 1 aliphatic rings. The molecule has 4 heterocycles. The lowest BCUT2D eigenvalue weighted by Gasteiger charge is -2.11. The van der Waals surface area contributed by atoms with Crippen LogP contribution in [-0.2, 0) is 19.4 Å². The number of aromatic nitrogens is 4. The Labute approximate surface area is 183 Å². The van der Waals surface area contributed by atoms with Crippen molar-refractivity contribution in [2.24, 2.45) is 0 Å². The fourth-order valence-corrected chi connectivity index (χ4v) is 5.84. The number of rotatable bonds is 3. The molecule has 0 saturated heterocycles. The molecule has 6 nitrogen and oxygen atoms in total. The summed E-state index contributed by atoms with van der Waals surface area (Å²) in [6.45, 7) is 0.494. The molecular formula is C22H17BrN4O2S. The molecule has 5 aromatic rings. The van der Waals surface area contributed by atoms with Gasteiger partial charge in [0.2, 0.25) is 5.82 Å². The number of hydrogen-bond donors (Lipinski definition) is 0. The van der Waals surface area contributed by atoms with Crippen LogP contribution in [0, 0.1) is 0 Å². The Balaban J connectivity index is 1.65. The van der Waals surface area contributed by atoms with Crippen molar-refractivity contribution in [1.82, 2.24) is 19.2 Å². The van der Waals surface area contributed by atoms with E-state index < -0.39 is 0 Å². The predicted octanol–water partition coefficient (Wildman–Crippen LogP) is 5.06. The van der Waals surface area contributed by atoms with E-state index in [-0.39, 0.29) is 5.69 Å². The third-order valence-corrected chi connectivity index (χ3v) is 7.48.